The molecule has 4 heterocycles. The van der Waals surface area contributed by atoms with Gasteiger partial charge in [-0.25, -0.2) is 4.68 Å². The number of aliphatic hydroxyl groups excluding tert-OH is 1. The fourth-order valence-electron chi connectivity index (χ4n) is 4.67. The van der Waals surface area contributed by atoms with Gasteiger partial charge in [-0.3, -0.25) is 0 Å². The SMILES string of the molecule is COc1nc(N2CC[C@@H](O)C2)cc(-n2ncc3cc(C)c(C4CCNCC4)cc32)n1. The molecule has 158 valence electrons. The quantitative estimate of drug-likeness (QED) is 0.684. The molecule has 2 saturated heterocycles. The number of benzene rings is 1. The van der Waals surface area contributed by atoms with Crippen LogP contribution in [-0.4, -0.2) is 64.2 Å². The maximum absolute atomic E-state index is 9.92. The number of anilines is 1. The molecule has 1 aromatic carbocycles. The van der Waals surface area contributed by atoms with Gasteiger partial charge in [0, 0.05) is 24.5 Å². The van der Waals surface area contributed by atoms with Crippen LogP contribution in [0.5, 0.6) is 6.01 Å². The summed E-state index contributed by atoms with van der Waals surface area (Å²) in [6.07, 6.45) is 4.62. The topological polar surface area (TPSA) is 88.3 Å². The number of hydrogen-bond acceptors (Lipinski definition) is 7. The number of ether oxygens (including phenoxy) is 1. The summed E-state index contributed by atoms with van der Waals surface area (Å²) in [5.74, 6) is 2.00. The molecule has 30 heavy (non-hydrogen) atoms. The maximum Gasteiger partial charge on any atom is 0.320 e. The van der Waals surface area contributed by atoms with Gasteiger partial charge in [0.15, 0.2) is 5.82 Å². The van der Waals surface area contributed by atoms with Crippen LogP contribution in [-0.2, 0) is 0 Å². The number of β-amino-alcohol motifs (C(OH)–C–C–N with tert-alkyl or cyclic N) is 1. The van der Waals surface area contributed by atoms with Gasteiger partial charge in [0.1, 0.15) is 5.82 Å². The van der Waals surface area contributed by atoms with Crippen LogP contribution in [0.25, 0.3) is 16.7 Å². The number of hydrogen-bond donors (Lipinski definition) is 2. The summed E-state index contributed by atoms with van der Waals surface area (Å²) in [4.78, 5) is 11.1. The lowest BCUT2D eigenvalue weighted by Gasteiger charge is -2.24. The van der Waals surface area contributed by atoms with Crippen molar-refractivity contribution in [3.8, 4) is 11.8 Å². The van der Waals surface area contributed by atoms with Crippen LogP contribution in [0.2, 0.25) is 0 Å². The normalized spacial score (nSPS) is 20.2. The first-order chi connectivity index (χ1) is 14.6. The van der Waals surface area contributed by atoms with E-state index in [2.05, 4.69) is 44.3 Å². The van der Waals surface area contributed by atoms with Gasteiger partial charge < -0.3 is 20.1 Å². The highest BCUT2D eigenvalue weighted by atomic mass is 16.5. The summed E-state index contributed by atoms with van der Waals surface area (Å²) >= 11 is 0. The average Bonchev–Trinajstić information content (AvgIpc) is 3.39. The van der Waals surface area contributed by atoms with E-state index < -0.39 is 0 Å². The van der Waals surface area contributed by atoms with Crippen LogP contribution >= 0.6 is 0 Å². The Morgan fingerprint density at radius 3 is 2.63 bits per heavy atom. The average molecular weight is 409 g/mol. The molecule has 0 aliphatic carbocycles. The Hall–Kier alpha value is -2.71. The Kier molecular flexibility index (Phi) is 5.04. The molecular formula is C22H28N6O2. The number of aromatic nitrogens is 4. The first kappa shape index (κ1) is 19.3. The van der Waals surface area contributed by atoms with Crippen LogP contribution in [0.4, 0.5) is 5.82 Å². The predicted molar refractivity (Wildman–Crippen MR) is 116 cm³/mol. The van der Waals surface area contributed by atoms with Crippen molar-refractivity contribution < 1.29 is 9.84 Å². The van der Waals surface area contributed by atoms with Gasteiger partial charge in [0.25, 0.3) is 0 Å². The van der Waals surface area contributed by atoms with Gasteiger partial charge in [-0.1, -0.05) is 0 Å². The molecule has 0 unspecified atom stereocenters. The van der Waals surface area contributed by atoms with E-state index in [1.807, 2.05) is 16.9 Å². The molecule has 2 N–H and O–H groups in total. The predicted octanol–water partition coefficient (Wildman–Crippen LogP) is 2.17. The second-order valence-electron chi connectivity index (χ2n) is 8.31. The number of methoxy groups -OCH3 is 1. The van der Waals surface area contributed by atoms with Crippen molar-refractivity contribution >= 4 is 16.7 Å². The minimum Gasteiger partial charge on any atom is -0.467 e. The lowest BCUT2D eigenvalue weighted by atomic mass is 9.87. The van der Waals surface area contributed by atoms with Crippen molar-refractivity contribution in [1.29, 1.82) is 0 Å². The highest BCUT2D eigenvalue weighted by molar-refractivity contribution is 5.82. The summed E-state index contributed by atoms with van der Waals surface area (Å²) in [6.45, 7) is 5.65. The second-order valence-corrected chi connectivity index (χ2v) is 8.31. The number of aryl methyl sites for hydroxylation is 1. The van der Waals surface area contributed by atoms with Gasteiger partial charge in [-0.15, -0.1) is 0 Å². The highest BCUT2D eigenvalue weighted by Gasteiger charge is 2.24. The molecule has 3 aromatic rings. The monoisotopic (exact) mass is 408 g/mol. The Balaban J connectivity index is 1.58. The summed E-state index contributed by atoms with van der Waals surface area (Å²) < 4.78 is 7.25. The van der Waals surface area contributed by atoms with Crippen molar-refractivity contribution in [3.63, 3.8) is 0 Å². The van der Waals surface area contributed by atoms with Crippen molar-refractivity contribution in [2.24, 2.45) is 0 Å². The molecule has 2 aliphatic rings. The van der Waals surface area contributed by atoms with Crippen LogP contribution in [0.1, 0.15) is 36.3 Å². The van der Waals surface area contributed by atoms with Gasteiger partial charge in [-0.2, -0.15) is 15.1 Å². The lowest BCUT2D eigenvalue weighted by molar-refractivity contribution is 0.198. The zero-order valence-electron chi connectivity index (χ0n) is 17.5. The number of fused-ring (bicyclic) bond motifs is 1. The number of piperidine rings is 1. The van der Waals surface area contributed by atoms with Crippen LogP contribution in [0.15, 0.2) is 24.4 Å². The van der Waals surface area contributed by atoms with Crippen LogP contribution < -0.4 is 15.0 Å². The first-order valence-corrected chi connectivity index (χ1v) is 10.7. The largest absolute Gasteiger partial charge is 0.467 e. The standard InChI is InChI=1S/C22H28N6O2/c1-14-9-16-12-24-28(19(16)10-18(14)15-3-6-23-7-4-15)21-11-20(25-22(26-21)30-2)27-8-5-17(29)13-27/h9-12,15,17,23,29H,3-8,13H2,1-2H3/t17-/m1/s1. The third-order valence-corrected chi connectivity index (χ3v) is 6.30. The van der Waals surface area contributed by atoms with E-state index in [-0.39, 0.29) is 6.10 Å². The molecule has 8 heteroatoms. The molecule has 1 atom stereocenters. The van der Waals surface area contributed by atoms with Crippen LogP contribution in [0, 0.1) is 6.92 Å². The molecule has 0 amide bonds. The van der Waals surface area contributed by atoms with Gasteiger partial charge >= 0.3 is 6.01 Å². The zero-order chi connectivity index (χ0) is 20.7. The van der Waals surface area contributed by atoms with E-state index in [4.69, 9.17) is 4.74 Å². The third kappa shape index (κ3) is 3.50. The van der Waals surface area contributed by atoms with Gasteiger partial charge in [0.05, 0.1) is 24.9 Å². The highest BCUT2D eigenvalue weighted by Crippen LogP contribution is 2.32. The molecule has 0 spiro atoms. The molecule has 2 aromatic heterocycles. The Morgan fingerprint density at radius 2 is 1.90 bits per heavy atom. The summed E-state index contributed by atoms with van der Waals surface area (Å²) in [5.41, 5.74) is 3.76. The molecule has 0 bridgehead atoms. The number of nitrogens with one attached hydrogen (secondary N) is 1. The zero-order valence-corrected chi connectivity index (χ0v) is 17.5. The molecule has 8 nitrogen and oxygen atoms in total. The van der Waals surface area contributed by atoms with Crippen molar-refractivity contribution in [2.75, 3.05) is 38.2 Å². The molecule has 2 fully saturated rings. The smallest absolute Gasteiger partial charge is 0.320 e. The van der Waals surface area contributed by atoms with E-state index in [1.54, 1.807) is 7.11 Å². The van der Waals surface area contributed by atoms with Crippen molar-refractivity contribution in [2.45, 2.75) is 38.2 Å². The van der Waals surface area contributed by atoms with E-state index in [0.717, 1.165) is 55.6 Å². The van der Waals surface area contributed by atoms with E-state index >= 15 is 0 Å². The Labute approximate surface area is 175 Å². The van der Waals surface area contributed by atoms with E-state index in [9.17, 15) is 5.11 Å². The Bertz CT molecular complexity index is 1060. The second kappa shape index (κ2) is 7.85. The number of rotatable bonds is 4. The first-order valence-electron chi connectivity index (χ1n) is 10.7. The molecule has 0 saturated carbocycles. The Morgan fingerprint density at radius 1 is 1.10 bits per heavy atom. The lowest BCUT2D eigenvalue weighted by Crippen LogP contribution is -2.27. The van der Waals surface area contributed by atoms with Crippen molar-refractivity contribution in [3.05, 3.63) is 35.5 Å². The van der Waals surface area contributed by atoms with Gasteiger partial charge in [0.2, 0.25) is 0 Å². The molecule has 2 aliphatic heterocycles. The molecule has 0 radical (unpaired) electrons. The fourth-order valence-corrected chi connectivity index (χ4v) is 4.67. The van der Waals surface area contributed by atoms with Crippen molar-refractivity contribution in [1.82, 2.24) is 25.1 Å². The van der Waals surface area contributed by atoms with Crippen LogP contribution in [0.3, 0.4) is 0 Å². The molecular weight excluding hydrogens is 380 g/mol. The third-order valence-electron chi connectivity index (χ3n) is 6.30. The molecule has 5 rings (SSSR count). The fraction of sp³-hybridized carbons (Fsp3) is 0.500. The summed E-state index contributed by atoms with van der Waals surface area (Å²) in [6, 6.07) is 6.74. The summed E-state index contributed by atoms with van der Waals surface area (Å²) in [5, 5.41) is 19.1. The van der Waals surface area contributed by atoms with E-state index in [0.29, 0.717) is 24.3 Å². The minimum absolute atomic E-state index is 0.304. The number of nitrogens with zero attached hydrogens (tertiary/aromatic N) is 5. The number of aliphatic hydroxyl groups is 1. The minimum atomic E-state index is -0.324. The van der Waals surface area contributed by atoms with Gasteiger partial charge in [-0.05, 0) is 68.5 Å². The van der Waals surface area contributed by atoms with E-state index in [1.165, 1.54) is 11.1 Å². The summed E-state index contributed by atoms with van der Waals surface area (Å²) in [7, 11) is 1.57. The maximum atomic E-state index is 9.92.